The van der Waals surface area contributed by atoms with Crippen LogP contribution < -0.4 is 5.32 Å². The predicted molar refractivity (Wildman–Crippen MR) is 87.7 cm³/mol. The minimum atomic E-state index is -0.843. The molecule has 1 fully saturated rings. The van der Waals surface area contributed by atoms with Gasteiger partial charge in [-0.1, -0.05) is 6.07 Å². The van der Waals surface area contributed by atoms with Gasteiger partial charge in [0, 0.05) is 25.5 Å². The minimum absolute atomic E-state index is 0.00807. The highest BCUT2D eigenvalue weighted by molar-refractivity contribution is 5.94. The number of likely N-dealkylation sites (tertiary alicyclic amines) is 1. The van der Waals surface area contributed by atoms with E-state index in [2.05, 4.69) is 10.2 Å². The summed E-state index contributed by atoms with van der Waals surface area (Å²) in [6, 6.07) is 7.39. The summed E-state index contributed by atoms with van der Waals surface area (Å²) in [5, 5.41) is 2.70. The highest BCUT2D eigenvalue weighted by Gasteiger charge is 2.26. The van der Waals surface area contributed by atoms with E-state index in [1.54, 1.807) is 0 Å². The lowest BCUT2D eigenvalue weighted by Gasteiger charge is -2.28. The van der Waals surface area contributed by atoms with Gasteiger partial charge in [-0.25, -0.2) is 8.78 Å². The first kappa shape index (κ1) is 16.6. The third-order valence-electron chi connectivity index (χ3n) is 4.55. The van der Waals surface area contributed by atoms with Crippen molar-refractivity contribution in [2.75, 3.05) is 19.6 Å². The Hall–Kier alpha value is -2.21. The lowest BCUT2D eigenvalue weighted by atomic mass is 10.1. The fourth-order valence-electron chi connectivity index (χ4n) is 3.29. The van der Waals surface area contributed by atoms with Crippen molar-refractivity contribution in [2.45, 2.75) is 18.9 Å². The number of amides is 1. The number of aromatic nitrogens is 1. The third kappa shape index (κ3) is 3.33. The number of rotatable bonds is 5. The molecule has 0 spiro atoms. The van der Waals surface area contributed by atoms with Crippen LogP contribution in [0.15, 0.2) is 36.5 Å². The second-order valence-corrected chi connectivity index (χ2v) is 6.11. The van der Waals surface area contributed by atoms with Gasteiger partial charge in [0.15, 0.2) is 0 Å². The molecule has 0 radical (unpaired) electrons. The zero-order chi connectivity index (χ0) is 17.1. The van der Waals surface area contributed by atoms with E-state index in [1.165, 1.54) is 6.07 Å². The van der Waals surface area contributed by atoms with Gasteiger partial charge in [-0.2, -0.15) is 0 Å². The van der Waals surface area contributed by atoms with Crippen LogP contribution in [0.4, 0.5) is 8.78 Å². The molecule has 1 atom stereocenters. The maximum Gasteiger partial charge on any atom is 0.257 e. The van der Waals surface area contributed by atoms with E-state index in [1.807, 2.05) is 29.9 Å². The highest BCUT2D eigenvalue weighted by atomic mass is 19.1. The largest absolute Gasteiger partial charge is 0.353 e. The molecule has 24 heavy (non-hydrogen) atoms. The Morgan fingerprint density at radius 1 is 1.17 bits per heavy atom. The van der Waals surface area contributed by atoms with Crippen LogP contribution in [-0.2, 0) is 7.05 Å². The summed E-state index contributed by atoms with van der Waals surface area (Å²) in [6.45, 7) is 2.23. The zero-order valence-corrected chi connectivity index (χ0v) is 13.6. The van der Waals surface area contributed by atoms with Crippen LogP contribution in [0, 0.1) is 11.6 Å². The standard InChI is InChI=1S/C18H21F2N3O/c1-22-9-5-8-15(22)16(23-10-2-3-11-23)12-21-18(24)17-13(19)6-4-7-14(17)20/h4-9,16H,2-3,10-12H2,1H3,(H,21,24). The summed E-state index contributed by atoms with van der Waals surface area (Å²) in [6.07, 6.45) is 4.20. The lowest BCUT2D eigenvalue weighted by molar-refractivity contribution is 0.0928. The molecular formula is C18H21F2N3O. The fraction of sp³-hybridized carbons (Fsp3) is 0.389. The number of hydrogen-bond acceptors (Lipinski definition) is 2. The van der Waals surface area contributed by atoms with Crippen LogP contribution in [0.25, 0.3) is 0 Å². The number of benzene rings is 1. The summed E-state index contributed by atoms with van der Waals surface area (Å²) in [5.74, 6) is -2.41. The molecule has 1 aromatic carbocycles. The molecule has 1 aliphatic heterocycles. The van der Waals surface area contributed by atoms with Crippen LogP contribution >= 0.6 is 0 Å². The molecule has 0 aliphatic carbocycles. The SMILES string of the molecule is Cn1cccc1C(CNC(=O)c1c(F)cccc1F)N1CCCC1. The van der Waals surface area contributed by atoms with E-state index in [-0.39, 0.29) is 6.04 Å². The van der Waals surface area contributed by atoms with Crippen molar-refractivity contribution >= 4 is 5.91 Å². The molecule has 0 bridgehead atoms. The quantitative estimate of drug-likeness (QED) is 0.914. The molecule has 128 valence electrons. The summed E-state index contributed by atoms with van der Waals surface area (Å²) in [5.41, 5.74) is 0.552. The van der Waals surface area contributed by atoms with Crippen molar-refractivity contribution in [2.24, 2.45) is 7.05 Å². The van der Waals surface area contributed by atoms with Gasteiger partial charge in [0.1, 0.15) is 17.2 Å². The van der Waals surface area contributed by atoms with Crippen LogP contribution in [-0.4, -0.2) is 35.0 Å². The molecule has 1 N–H and O–H groups in total. The van der Waals surface area contributed by atoms with Crippen molar-refractivity contribution in [1.29, 1.82) is 0 Å². The summed E-state index contributed by atoms with van der Waals surface area (Å²) in [4.78, 5) is 14.5. The fourth-order valence-corrected chi connectivity index (χ4v) is 3.29. The monoisotopic (exact) mass is 333 g/mol. The molecule has 1 amide bonds. The van der Waals surface area contributed by atoms with Crippen LogP contribution in [0.2, 0.25) is 0 Å². The number of carbonyl (C=O) groups excluding carboxylic acids is 1. The lowest BCUT2D eigenvalue weighted by Crippen LogP contribution is -2.38. The predicted octanol–water partition coefficient (Wildman–Crippen LogP) is 2.87. The second-order valence-electron chi connectivity index (χ2n) is 6.11. The van der Waals surface area contributed by atoms with Gasteiger partial charge < -0.3 is 9.88 Å². The third-order valence-corrected chi connectivity index (χ3v) is 4.55. The summed E-state index contributed by atoms with van der Waals surface area (Å²) < 4.78 is 29.5. The van der Waals surface area contributed by atoms with E-state index >= 15 is 0 Å². The van der Waals surface area contributed by atoms with Gasteiger partial charge in [0.25, 0.3) is 5.91 Å². The van der Waals surface area contributed by atoms with Gasteiger partial charge in [-0.15, -0.1) is 0 Å². The highest BCUT2D eigenvalue weighted by Crippen LogP contribution is 2.25. The molecule has 1 aromatic heterocycles. The maximum absolute atomic E-state index is 13.7. The Labute approximate surface area is 140 Å². The van der Waals surface area contributed by atoms with Gasteiger partial charge >= 0.3 is 0 Å². The molecule has 1 unspecified atom stereocenters. The van der Waals surface area contributed by atoms with Crippen molar-refractivity contribution in [3.05, 3.63) is 59.4 Å². The van der Waals surface area contributed by atoms with Crippen LogP contribution in [0.5, 0.6) is 0 Å². The van der Waals surface area contributed by atoms with Gasteiger partial charge in [-0.05, 0) is 50.2 Å². The minimum Gasteiger partial charge on any atom is -0.353 e. The van der Waals surface area contributed by atoms with E-state index in [0.717, 1.165) is 43.8 Å². The number of halogens is 2. The average molecular weight is 333 g/mol. The number of aryl methyl sites for hydroxylation is 1. The van der Waals surface area contributed by atoms with Gasteiger partial charge in [-0.3, -0.25) is 9.69 Å². The number of hydrogen-bond donors (Lipinski definition) is 1. The Kier molecular flexibility index (Phi) is 4.94. The van der Waals surface area contributed by atoms with E-state index in [0.29, 0.717) is 6.54 Å². The second kappa shape index (κ2) is 7.13. The molecule has 2 heterocycles. The Balaban J connectivity index is 1.76. The van der Waals surface area contributed by atoms with E-state index in [4.69, 9.17) is 0 Å². The van der Waals surface area contributed by atoms with E-state index < -0.39 is 23.1 Å². The van der Waals surface area contributed by atoms with Crippen LogP contribution in [0.1, 0.15) is 34.9 Å². The average Bonchev–Trinajstić information content (AvgIpc) is 3.20. The molecule has 0 saturated carbocycles. The normalized spacial score (nSPS) is 16.3. The molecule has 2 aromatic rings. The molecule has 3 rings (SSSR count). The smallest absolute Gasteiger partial charge is 0.257 e. The topological polar surface area (TPSA) is 37.3 Å². The molecule has 6 heteroatoms. The Morgan fingerprint density at radius 3 is 2.42 bits per heavy atom. The van der Waals surface area contributed by atoms with Crippen molar-refractivity contribution < 1.29 is 13.6 Å². The zero-order valence-electron chi connectivity index (χ0n) is 13.6. The molecule has 4 nitrogen and oxygen atoms in total. The summed E-state index contributed by atoms with van der Waals surface area (Å²) >= 11 is 0. The molecular weight excluding hydrogens is 312 g/mol. The van der Waals surface area contributed by atoms with Crippen molar-refractivity contribution in [3.8, 4) is 0 Å². The number of nitrogens with zero attached hydrogens (tertiary/aromatic N) is 2. The first-order valence-electron chi connectivity index (χ1n) is 8.15. The Bertz CT molecular complexity index is 703. The van der Waals surface area contributed by atoms with Crippen LogP contribution in [0.3, 0.4) is 0 Å². The van der Waals surface area contributed by atoms with Crippen molar-refractivity contribution in [1.82, 2.24) is 14.8 Å². The van der Waals surface area contributed by atoms with Crippen molar-refractivity contribution in [3.63, 3.8) is 0 Å². The maximum atomic E-state index is 13.7. The molecule has 1 saturated heterocycles. The van der Waals surface area contributed by atoms with Gasteiger partial charge in [0.05, 0.1) is 6.04 Å². The molecule has 1 aliphatic rings. The first-order chi connectivity index (χ1) is 11.6. The number of nitrogens with one attached hydrogen (secondary N) is 1. The number of carbonyl (C=O) groups is 1. The summed E-state index contributed by atoms with van der Waals surface area (Å²) in [7, 11) is 1.96. The Morgan fingerprint density at radius 2 is 1.83 bits per heavy atom. The van der Waals surface area contributed by atoms with Gasteiger partial charge in [0.2, 0.25) is 0 Å². The van der Waals surface area contributed by atoms with E-state index in [9.17, 15) is 13.6 Å². The first-order valence-corrected chi connectivity index (χ1v) is 8.15.